The number of nitrogens with zero attached hydrogens (tertiary/aromatic N) is 3. The number of anilines is 1. The molecule has 0 aliphatic heterocycles. The van der Waals surface area contributed by atoms with Crippen LogP contribution in [0.5, 0.6) is 0 Å². The van der Waals surface area contributed by atoms with Crippen molar-refractivity contribution in [3.05, 3.63) is 56.9 Å². The van der Waals surface area contributed by atoms with Crippen LogP contribution in [-0.2, 0) is 0 Å². The molecular formula is C17H14N4O3. The van der Waals surface area contributed by atoms with Gasteiger partial charge < -0.3 is 8.83 Å². The van der Waals surface area contributed by atoms with E-state index < -0.39 is 0 Å². The van der Waals surface area contributed by atoms with E-state index in [2.05, 4.69) is 15.5 Å². The quantitative estimate of drug-likeness (QED) is 0.587. The van der Waals surface area contributed by atoms with Crippen LogP contribution in [0.25, 0.3) is 11.0 Å². The van der Waals surface area contributed by atoms with Crippen LogP contribution in [0.4, 0.5) is 5.88 Å². The lowest BCUT2D eigenvalue weighted by molar-refractivity contribution is 0.533. The summed E-state index contributed by atoms with van der Waals surface area (Å²) >= 11 is 0. The molecule has 2 heterocycles. The number of hydrogen-bond donors (Lipinski definition) is 1. The standard InChI is InChI=1S/C17H14N4O3/c1-9-4-13-15(5-10(9)2)23-8-12(16(13)22)7-19-21-17-14(6-18)20-11(3)24-17/h4-5,7-8,21H,1-3H3/b19-7-. The number of hydrogen-bond acceptors (Lipinski definition) is 7. The highest BCUT2D eigenvalue weighted by Gasteiger charge is 2.10. The van der Waals surface area contributed by atoms with Crippen LogP contribution in [0.15, 0.2) is 37.1 Å². The Hall–Kier alpha value is -3.40. The number of nitrogens with one attached hydrogen (secondary N) is 1. The Morgan fingerprint density at radius 3 is 2.79 bits per heavy atom. The third-order valence-corrected chi connectivity index (χ3v) is 3.63. The molecule has 0 amide bonds. The lowest BCUT2D eigenvalue weighted by Gasteiger charge is -2.03. The number of oxazole rings is 1. The number of aryl methyl sites for hydroxylation is 3. The van der Waals surface area contributed by atoms with Gasteiger partial charge in [0, 0.05) is 6.92 Å². The van der Waals surface area contributed by atoms with E-state index in [1.54, 1.807) is 13.0 Å². The first-order chi connectivity index (χ1) is 11.5. The van der Waals surface area contributed by atoms with Crippen LogP contribution in [0.2, 0.25) is 0 Å². The van der Waals surface area contributed by atoms with Gasteiger partial charge in [0.1, 0.15) is 17.9 Å². The molecule has 3 aromatic rings. The van der Waals surface area contributed by atoms with E-state index in [4.69, 9.17) is 14.1 Å². The maximum atomic E-state index is 12.5. The molecular weight excluding hydrogens is 308 g/mol. The second-order valence-corrected chi connectivity index (χ2v) is 5.35. The molecule has 0 fully saturated rings. The topological polar surface area (TPSA) is 104 Å². The van der Waals surface area contributed by atoms with Crippen molar-refractivity contribution in [3.63, 3.8) is 0 Å². The van der Waals surface area contributed by atoms with Gasteiger partial charge in [-0.25, -0.2) is 10.4 Å². The number of aromatic nitrogens is 1. The molecule has 2 aromatic heterocycles. The van der Waals surface area contributed by atoms with E-state index in [-0.39, 0.29) is 22.6 Å². The Kier molecular flexibility index (Phi) is 3.88. The second kappa shape index (κ2) is 6.01. The normalized spacial score (nSPS) is 11.1. The van der Waals surface area contributed by atoms with Crippen molar-refractivity contribution in [2.24, 2.45) is 5.10 Å². The van der Waals surface area contributed by atoms with E-state index in [1.807, 2.05) is 26.0 Å². The predicted molar refractivity (Wildman–Crippen MR) is 89.1 cm³/mol. The summed E-state index contributed by atoms with van der Waals surface area (Å²) in [6.07, 6.45) is 2.67. The van der Waals surface area contributed by atoms with Gasteiger partial charge in [-0.2, -0.15) is 10.4 Å². The highest BCUT2D eigenvalue weighted by Crippen LogP contribution is 2.17. The summed E-state index contributed by atoms with van der Waals surface area (Å²) in [5, 5.41) is 13.3. The van der Waals surface area contributed by atoms with Crippen molar-refractivity contribution in [2.75, 3.05) is 5.43 Å². The second-order valence-electron chi connectivity index (χ2n) is 5.35. The molecule has 0 spiro atoms. The fourth-order valence-corrected chi connectivity index (χ4v) is 2.23. The minimum Gasteiger partial charge on any atom is -0.463 e. The van der Waals surface area contributed by atoms with Gasteiger partial charge in [-0.15, -0.1) is 0 Å². The zero-order valence-corrected chi connectivity index (χ0v) is 13.4. The Morgan fingerprint density at radius 2 is 2.04 bits per heavy atom. The summed E-state index contributed by atoms with van der Waals surface area (Å²) in [6, 6.07) is 5.53. The molecule has 7 heteroatoms. The molecule has 3 rings (SSSR count). The minimum absolute atomic E-state index is 0.0984. The van der Waals surface area contributed by atoms with Gasteiger partial charge >= 0.3 is 0 Å². The third-order valence-electron chi connectivity index (χ3n) is 3.63. The molecule has 0 unspecified atom stereocenters. The molecule has 7 nitrogen and oxygen atoms in total. The van der Waals surface area contributed by atoms with Crippen LogP contribution in [0, 0.1) is 32.1 Å². The monoisotopic (exact) mass is 322 g/mol. The fourth-order valence-electron chi connectivity index (χ4n) is 2.23. The van der Waals surface area contributed by atoms with E-state index in [0.29, 0.717) is 16.9 Å². The van der Waals surface area contributed by atoms with Crippen LogP contribution < -0.4 is 10.9 Å². The van der Waals surface area contributed by atoms with Gasteiger partial charge in [0.05, 0.1) is 17.2 Å². The van der Waals surface area contributed by atoms with E-state index in [0.717, 1.165) is 11.1 Å². The SMILES string of the molecule is Cc1nc(C#N)c(N/N=C\c2coc3cc(C)c(C)cc3c2=O)o1. The number of rotatable bonds is 3. The smallest absolute Gasteiger partial charge is 0.252 e. The third kappa shape index (κ3) is 2.77. The lowest BCUT2D eigenvalue weighted by Crippen LogP contribution is -2.09. The van der Waals surface area contributed by atoms with Gasteiger partial charge in [0.15, 0.2) is 5.89 Å². The van der Waals surface area contributed by atoms with Crippen molar-refractivity contribution < 1.29 is 8.83 Å². The molecule has 1 aromatic carbocycles. The first-order valence-electron chi connectivity index (χ1n) is 7.19. The van der Waals surface area contributed by atoms with E-state index >= 15 is 0 Å². The summed E-state index contributed by atoms with van der Waals surface area (Å²) in [7, 11) is 0. The first-order valence-corrected chi connectivity index (χ1v) is 7.19. The average Bonchev–Trinajstić information content (AvgIpc) is 2.91. The molecule has 0 atom stereocenters. The van der Waals surface area contributed by atoms with Gasteiger partial charge in [-0.1, -0.05) is 0 Å². The van der Waals surface area contributed by atoms with Crippen LogP contribution in [-0.4, -0.2) is 11.2 Å². The van der Waals surface area contributed by atoms with Crippen molar-refractivity contribution >= 4 is 23.1 Å². The van der Waals surface area contributed by atoms with Gasteiger partial charge in [-0.3, -0.25) is 4.79 Å². The molecule has 120 valence electrons. The van der Waals surface area contributed by atoms with Crippen LogP contribution in [0.3, 0.4) is 0 Å². The molecule has 0 saturated carbocycles. The molecule has 24 heavy (non-hydrogen) atoms. The van der Waals surface area contributed by atoms with Crippen molar-refractivity contribution in [3.8, 4) is 6.07 Å². The molecule has 0 saturated heterocycles. The average molecular weight is 322 g/mol. The van der Waals surface area contributed by atoms with Crippen molar-refractivity contribution in [2.45, 2.75) is 20.8 Å². The van der Waals surface area contributed by atoms with E-state index in [1.165, 1.54) is 12.5 Å². The summed E-state index contributed by atoms with van der Waals surface area (Å²) < 4.78 is 10.7. The summed E-state index contributed by atoms with van der Waals surface area (Å²) in [6.45, 7) is 5.52. The lowest BCUT2D eigenvalue weighted by atomic mass is 10.1. The Morgan fingerprint density at radius 1 is 1.29 bits per heavy atom. The molecule has 0 aliphatic carbocycles. The van der Waals surface area contributed by atoms with Crippen molar-refractivity contribution in [1.29, 1.82) is 5.26 Å². The van der Waals surface area contributed by atoms with Crippen LogP contribution in [0.1, 0.15) is 28.3 Å². The van der Waals surface area contributed by atoms with Gasteiger partial charge in [-0.05, 0) is 37.1 Å². The Bertz CT molecular complexity index is 1050. The zero-order chi connectivity index (χ0) is 17.3. The number of hydrazone groups is 1. The molecule has 0 bridgehead atoms. The molecule has 0 aliphatic rings. The summed E-state index contributed by atoms with van der Waals surface area (Å²) in [5.41, 5.74) is 5.37. The molecule has 0 radical (unpaired) electrons. The highest BCUT2D eigenvalue weighted by atomic mass is 16.4. The maximum Gasteiger partial charge on any atom is 0.252 e. The van der Waals surface area contributed by atoms with Gasteiger partial charge in [0.2, 0.25) is 11.1 Å². The van der Waals surface area contributed by atoms with Crippen LogP contribution >= 0.6 is 0 Å². The number of nitriles is 1. The fraction of sp³-hybridized carbons (Fsp3) is 0.176. The predicted octanol–water partition coefficient (Wildman–Crippen LogP) is 3.02. The highest BCUT2D eigenvalue weighted by molar-refractivity contribution is 5.87. The Labute approximate surface area is 137 Å². The summed E-state index contributed by atoms with van der Waals surface area (Å²) in [5.74, 6) is 0.475. The van der Waals surface area contributed by atoms with Crippen molar-refractivity contribution in [1.82, 2.24) is 4.98 Å². The Balaban J connectivity index is 1.93. The largest absolute Gasteiger partial charge is 0.463 e. The maximum absolute atomic E-state index is 12.5. The van der Waals surface area contributed by atoms with Gasteiger partial charge in [0.25, 0.3) is 5.88 Å². The summed E-state index contributed by atoms with van der Waals surface area (Å²) in [4.78, 5) is 16.4. The minimum atomic E-state index is -0.181. The first kappa shape index (κ1) is 15.5. The zero-order valence-electron chi connectivity index (χ0n) is 13.4. The number of benzene rings is 1. The molecule has 1 N–H and O–H groups in total. The number of fused-ring (bicyclic) bond motifs is 1. The van der Waals surface area contributed by atoms with E-state index in [9.17, 15) is 4.79 Å².